The summed E-state index contributed by atoms with van der Waals surface area (Å²) in [6.07, 6.45) is 9.22. The maximum Gasteiger partial charge on any atom is 0.0836 e. The Bertz CT molecular complexity index is 500. The van der Waals surface area contributed by atoms with Crippen LogP contribution in [0.25, 0.3) is 0 Å². The highest BCUT2D eigenvalue weighted by atomic mass is 79.9. The second kappa shape index (κ2) is 6.70. The minimum absolute atomic E-state index is 0.0967. The van der Waals surface area contributed by atoms with Crippen LogP contribution in [0.3, 0.4) is 0 Å². The molecule has 0 spiro atoms. The molecule has 0 saturated heterocycles. The van der Waals surface area contributed by atoms with Crippen molar-refractivity contribution in [3.05, 3.63) is 58.1 Å². The van der Waals surface area contributed by atoms with Crippen molar-refractivity contribution in [3.63, 3.8) is 0 Å². The summed E-state index contributed by atoms with van der Waals surface area (Å²) < 4.78 is 1.11. The SMILES string of the molecule is CNC(NC(C)(C)c1ccc(Br)cc1)C1=CCCC=C1. The molecule has 1 aromatic carbocycles. The van der Waals surface area contributed by atoms with Crippen LogP contribution in [0, 0.1) is 0 Å². The van der Waals surface area contributed by atoms with Crippen LogP contribution >= 0.6 is 15.9 Å². The van der Waals surface area contributed by atoms with Crippen LogP contribution in [0.2, 0.25) is 0 Å². The van der Waals surface area contributed by atoms with E-state index in [9.17, 15) is 0 Å². The predicted octanol–water partition coefficient (Wildman–Crippen LogP) is 4.10. The van der Waals surface area contributed by atoms with Crippen molar-refractivity contribution < 1.29 is 0 Å². The summed E-state index contributed by atoms with van der Waals surface area (Å²) in [6, 6.07) is 8.50. The van der Waals surface area contributed by atoms with Gasteiger partial charge in [-0.15, -0.1) is 0 Å². The van der Waals surface area contributed by atoms with Gasteiger partial charge in [-0.25, -0.2) is 0 Å². The minimum Gasteiger partial charge on any atom is -0.301 e. The van der Waals surface area contributed by atoms with Crippen LogP contribution in [0.1, 0.15) is 32.3 Å². The molecule has 2 N–H and O–H groups in total. The fourth-order valence-electron chi connectivity index (χ4n) is 2.48. The molecule has 1 atom stereocenters. The van der Waals surface area contributed by atoms with E-state index < -0.39 is 0 Å². The maximum absolute atomic E-state index is 3.70. The van der Waals surface area contributed by atoms with Gasteiger partial charge in [0, 0.05) is 10.0 Å². The molecule has 0 aliphatic heterocycles. The number of benzene rings is 1. The molecule has 0 radical (unpaired) electrons. The summed E-state index contributed by atoms with van der Waals surface area (Å²) in [6.45, 7) is 4.43. The normalized spacial score (nSPS) is 16.9. The predicted molar refractivity (Wildman–Crippen MR) is 89.6 cm³/mol. The first-order valence-electron chi connectivity index (χ1n) is 7.10. The van der Waals surface area contributed by atoms with Gasteiger partial charge in [-0.1, -0.05) is 46.3 Å². The summed E-state index contributed by atoms with van der Waals surface area (Å²) in [5, 5.41) is 7.07. The molecule has 3 heteroatoms. The van der Waals surface area contributed by atoms with Crippen LogP contribution in [-0.4, -0.2) is 13.2 Å². The minimum atomic E-state index is -0.0967. The van der Waals surface area contributed by atoms with E-state index in [0.717, 1.165) is 17.3 Å². The third-order valence-corrected chi connectivity index (χ3v) is 4.25. The van der Waals surface area contributed by atoms with Crippen molar-refractivity contribution in [3.8, 4) is 0 Å². The van der Waals surface area contributed by atoms with E-state index in [2.05, 4.69) is 82.9 Å². The van der Waals surface area contributed by atoms with Crippen LogP contribution in [0.4, 0.5) is 0 Å². The number of nitrogens with one attached hydrogen (secondary N) is 2. The first-order valence-corrected chi connectivity index (χ1v) is 7.90. The van der Waals surface area contributed by atoms with E-state index in [1.54, 1.807) is 0 Å². The molecule has 20 heavy (non-hydrogen) atoms. The molecule has 2 rings (SSSR count). The Morgan fingerprint density at radius 3 is 2.40 bits per heavy atom. The Kier molecular flexibility index (Phi) is 5.19. The van der Waals surface area contributed by atoms with E-state index in [4.69, 9.17) is 0 Å². The van der Waals surface area contributed by atoms with Crippen molar-refractivity contribution in [2.24, 2.45) is 0 Å². The summed E-state index contributed by atoms with van der Waals surface area (Å²) in [7, 11) is 2.00. The van der Waals surface area contributed by atoms with Gasteiger partial charge < -0.3 is 5.32 Å². The van der Waals surface area contributed by atoms with Crippen molar-refractivity contribution in [2.45, 2.75) is 38.4 Å². The second-order valence-corrected chi connectivity index (χ2v) is 6.60. The van der Waals surface area contributed by atoms with Crippen LogP contribution in [-0.2, 0) is 5.54 Å². The van der Waals surface area contributed by atoms with Gasteiger partial charge in [0.05, 0.1) is 6.17 Å². The van der Waals surface area contributed by atoms with Crippen molar-refractivity contribution >= 4 is 15.9 Å². The van der Waals surface area contributed by atoms with Gasteiger partial charge in [0.2, 0.25) is 0 Å². The van der Waals surface area contributed by atoms with Crippen LogP contribution < -0.4 is 10.6 Å². The van der Waals surface area contributed by atoms with E-state index in [1.807, 2.05) is 7.05 Å². The number of allylic oxidation sites excluding steroid dienone is 2. The quantitative estimate of drug-likeness (QED) is 0.792. The number of halogens is 1. The standard InChI is InChI=1S/C17H23BrN2/c1-17(2,14-9-11-15(18)12-10-14)20-16(19-3)13-7-5-4-6-8-13/h5,7-12,16,19-20H,4,6H2,1-3H3. The Morgan fingerprint density at radius 2 is 1.85 bits per heavy atom. The van der Waals surface area contributed by atoms with Gasteiger partial charge >= 0.3 is 0 Å². The molecule has 0 fully saturated rings. The first-order chi connectivity index (χ1) is 9.53. The fourth-order valence-corrected chi connectivity index (χ4v) is 2.74. The van der Waals surface area contributed by atoms with Crippen molar-refractivity contribution in [1.82, 2.24) is 10.6 Å². The first kappa shape index (κ1) is 15.5. The summed E-state index contributed by atoms with van der Waals surface area (Å²) in [5.41, 5.74) is 2.51. The summed E-state index contributed by atoms with van der Waals surface area (Å²) in [4.78, 5) is 0. The fraction of sp³-hybridized carbons (Fsp3) is 0.412. The molecule has 1 aliphatic carbocycles. The molecule has 1 aliphatic rings. The lowest BCUT2D eigenvalue weighted by Gasteiger charge is -2.33. The highest BCUT2D eigenvalue weighted by molar-refractivity contribution is 9.10. The van der Waals surface area contributed by atoms with E-state index in [0.29, 0.717) is 0 Å². The zero-order valence-electron chi connectivity index (χ0n) is 12.4. The molecular formula is C17H23BrN2. The van der Waals surface area contributed by atoms with Gasteiger partial charge in [-0.2, -0.15) is 0 Å². The third kappa shape index (κ3) is 3.81. The molecule has 0 saturated carbocycles. The number of likely N-dealkylation sites (N-methyl/N-ethyl adjacent to an activating group) is 1. The molecule has 0 aromatic heterocycles. The van der Waals surface area contributed by atoms with E-state index in [1.165, 1.54) is 11.1 Å². The molecule has 2 nitrogen and oxygen atoms in total. The largest absolute Gasteiger partial charge is 0.301 e. The molecule has 108 valence electrons. The van der Waals surface area contributed by atoms with E-state index in [-0.39, 0.29) is 11.7 Å². The zero-order valence-corrected chi connectivity index (χ0v) is 14.0. The second-order valence-electron chi connectivity index (χ2n) is 5.68. The highest BCUT2D eigenvalue weighted by Crippen LogP contribution is 2.24. The molecule has 1 unspecified atom stereocenters. The average Bonchev–Trinajstić information content (AvgIpc) is 2.46. The Balaban J connectivity index is 2.14. The zero-order chi connectivity index (χ0) is 14.6. The lowest BCUT2D eigenvalue weighted by molar-refractivity contribution is 0.342. The van der Waals surface area contributed by atoms with Crippen LogP contribution in [0.5, 0.6) is 0 Å². The lowest BCUT2D eigenvalue weighted by atomic mass is 9.92. The highest BCUT2D eigenvalue weighted by Gasteiger charge is 2.24. The number of rotatable bonds is 5. The number of hydrogen-bond donors (Lipinski definition) is 2. The smallest absolute Gasteiger partial charge is 0.0836 e. The Morgan fingerprint density at radius 1 is 1.15 bits per heavy atom. The Labute approximate surface area is 130 Å². The van der Waals surface area contributed by atoms with E-state index >= 15 is 0 Å². The molecule has 0 heterocycles. The summed E-state index contributed by atoms with van der Waals surface area (Å²) in [5.74, 6) is 0. The van der Waals surface area contributed by atoms with Gasteiger partial charge in [-0.3, -0.25) is 5.32 Å². The monoisotopic (exact) mass is 334 g/mol. The van der Waals surface area contributed by atoms with Crippen molar-refractivity contribution in [2.75, 3.05) is 7.05 Å². The molecule has 0 bridgehead atoms. The van der Waals surface area contributed by atoms with Gasteiger partial charge in [0.15, 0.2) is 0 Å². The molecular weight excluding hydrogens is 312 g/mol. The van der Waals surface area contributed by atoms with Gasteiger partial charge in [0.25, 0.3) is 0 Å². The maximum atomic E-state index is 3.70. The third-order valence-electron chi connectivity index (χ3n) is 3.72. The number of hydrogen-bond acceptors (Lipinski definition) is 2. The lowest BCUT2D eigenvalue weighted by Crippen LogP contribution is -2.50. The average molecular weight is 335 g/mol. The van der Waals surface area contributed by atoms with Crippen LogP contribution in [0.15, 0.2) is 52.5 Å². The summed E-state index contributed by atoms with van der Waals surface area (Å²) >= 11 is 3.49. The molecule has 0 amide bonds. The van der Waals surface area contributed by atoms with Crippen molar-refractivity contribution in [1.29, 1.82) is 0 Å². The van der Waals surface area contributed by atoms with Gasteiger partial charge in [-0.05, 0) is 57.0 Å². The molecule has 1 aromatic rings. The topological polar surface area (TPSA) is 24.1 Å². The van der Waals surface area contributed by atoms with Gasteiger partial charge in [0.1, 0.15) is 0 Å². The Hall–Kier alpha value is -0.900.